The fourth-order valence-electron chi connectivity index (χ4n) is 2.96. The number of carbonyl (C=O) groups excluding carboxylic acids is 1. The zero-order chi connectivity index (χ0) is 18.6. The molecule has 0 spiro atoms. The smallest absolute Gasteiger partial charge is 0.332 e. The normalized spacial score (nSPS) is 12.5. The van der Waals surface area contributed by atoms with Crippen LogP contribution in [0, 0.1) is 5.92 Å². The van der Waals surface area contributed by atoms with Crippen LogP contribution in [-0.2, 0) is 11.3 Å². The number of carbonyl (C=O) groups is 1. The van der Waals surface area contributed by atoms with Crippen LogP contribution in [0.25, 0.3) is 10.9 Å². The van der Waals surface area contributed by atoms with Crippen LogP contribution >= 0.6 is 0 Å². The van der Waals surface area contributed by atoms with Crippen molar-refractivity contribution >= 4 is 16.8 Å². The lowest BCUT2D eigenvalue weighted by Gasteiger charge is -2.22. The van der Waals surface area contributed by atoms with Gasteiger partial charge in [-0.05, 0) is 30.9 Å². The SMILES string of the molecule is CCCn1c(=O)c2ccccc2n(C(CC)C(=O)NCC(C)C)c1=O. The maximum atomic E-state index is 13.0. The van der Waals surface area contributed by atoms with Gasteiger partial charge in [0.15, 0.2) is 0 Å². The summed E-state index contributed by atoms with van der Waals surface area (Å²) in [5.74, 6) is 0.133. The van der Waals surface area contributed by atoms with E-state index in [1.807, 2.05) is 27.7 Å². The Kier molecular flexibility index (Phi) is 6.17. The van der Waals surface area contributed by atoms with Crippen LogP contribution in [0.4, 0.5) is 0 Å². The largest absolute Gasteiger partial charge is 0.354 e. The Bertz CT molecular complexity index is 864. The first kappa shape index (κ1) is 19.0. The summed E-state index contributed by atoms with van der Waals surface area (Å²) >= 11 is 0. The second-order valence-electron chi connectivity index (χ2n) is 6.69. The van der Waals surface area contributed by atoms with Crippen LogP contribution in [0.3, 0.4) is 0 Å². The number of fused-ring (bicyclic) bond motifs is 1. The Morgan fingerprint density at radius 1 is 1.16 bits per heavy atom. The number of para-hydroxylation sites is 1. The topological polar surface area (TPSA) is 73.1 Å². The van der Waals surface area contributed by atoms with E-state index in [4.69, 9.17) is 0 Å². The summed E-state index contributed by atoms with van der Waals surface area (Å²) in [5, 5.41) is 3.37. The first-order valence-electron chi connectivity index (χ1n) is 8.94. The molecule has 1 aromatic carbocycles. The minimum absolute atomic E-state index is 0.190. The van der Waals surface area contributed by atoms with E-state index in [1.54, 1.807) is 24.3 Å². The van der Waals surface area contributed by atoms with Gasteiger partial charge in [0.25, 0.3) is 5.56 Å². The molecule has 0 fully saturated rings. The van der Waals surface area contributed by atoms with Crippen LogP contribution in [0.1, 0.15) is 46.6 Å². The van der Waals surface area contributed by atoms with E-state index in [-0.39, 0.29) is 11.5 Å². The zero-order valence-electron chi connectivity index (χ0n) is 15.4. The Morgan fingerprint density at radius 3 is 2.44 bits per heavy atom. The summed E-state index contributed by atoms with van der Waals surface area (Å²) < 4.78 is 2.71. The Morgan fingerprint density at radius 2 is 1.84 bits per heavy atom. The lowest BCUT2D eigenvalue weighted by atomic mass is 10.1. The fraction of sp³-hybridized carbons (Fsp3) is 0.526. The molecule has 136 valence electrons. The number of rotatable bonds is 7. The minimum Gasteiger partial charge on any atom is -0.354 e. The number of nitrogens with zero attached hydrogens (tertiary/aromatic N) is 2. The highest BCUT2D eigenvalue weighted by atomic mass is 16.2. The van der Waals surface area contributed by atoms with Crippen molar-refractivity contribution in [1.82, 2.24) is 14.5 Å². The van der Waals surface area contributed by atoms with Crippen LogP contribution in [0.5, 0.6) is 0 Å². The van der Waals surface area contributed by atoms with Crippen molar-refractivity contribution in [3.05, 3.63) is 45.1 Å². The van der Waals surface area contributed by atoms with Gasteiger partial charge in [0.2, 0.25) is 5.91 Å². The fourth-order valence-corrected chi connectivity index (χ4v) is 2.96. The average molecular weight is 345 g/mol. The Balaban J connectivity index is 2.67. The van der Waals surface area contributed by atoms with Crippen molar-refractivity contribution in [2.45, 2.75) is 53.1 Å². The standard InChI is InChI=1S/C19H27N3O3/c1-5-11-21-18(24)14-9-7-8-10-16(14)22(19(21)25)15(6-2)17(23)20-12-13(3)4/h7-10,13,15H,5-6,11-12H2,1-4H3,(H,20,23). The third-order valence-electron chi connectivity index (χ3n) is 4.21. The van der Waals surface area contributed by atoms with Crippen LogP contribution in [0.15, 0.2) is 33.9 Å². The lowest BCUT2D eigenvalue weighted by Crippen LogP contribution is -2.45. The monoisotopic (exact) mass is 345 g/mol. The minimum atomic E-state index is -0.639. The van der Waals surface area contributed by atoms with Gasteiger partial charge < -0.3 is 5.32 Å². The predicted octanol–water partition coefficient (Wildman–Crippen LogP) is 2.30. The highest BCUT2D eigenvalue weighted by molar-refractivity contribution is 5.84. The van der Waals surface area contributed by atoms with Gasteiger partial charge in [-0.1, -0.05) is 39.8 Å². The number of aromatic nitrogens is 2. The summed E-state index contributed by atoms with van der Waals surface area (Å²) in [6.45, 7) is 8.71. The molecule has 1 heterocycles. The summed E-state index contributed by atoms with van der Waals surface area (Å²) in [5.41, 5.74) is -0.204. The molecule has 0 saturated heterocycles. The van der Waals surface area contributed by atoms with Gasteiger partial charge in [0.05, 0.1) is 10.9 Å². The molecule has 0 aliphatic heterocycles. The van der Waals surface area contributed by atoms with E-state index in [2.05, 4.69) is 5.32 Å². The Hall–Kier alpha value is -2.37. The van der Waals surface area contributed by atoms with E-state index >= 15 is 0 Å². The molecule has 1 N–H and O–H groups in total. The average Bonchev–Trinajstić information content (AvgIpc) is 2.60. The van der Waals surface area contributed by atoms with E-state index in [1.165, 1.54) is 9.13 Å². The highest BCUT2D eigenvalue weighted by Gasteiger charge is 2.24. The van der Waals surface area contributed by atoms with Gasteiger partial charge in [-0.3, -0.25) is 18.7 Å². The third kappa shape index (κ3) is 3.83. The molecule has 2 aromatic rings. The molecule has 0 radical (unpaired) electrons. The van der Waals surface area contributed by atoms with Gasteiger partial charge >= 0.3 is 5.69 Å². The van der Waals surface area contributed by atoms with Crippen LogP contribution in [0.2, 0.25) is 0 Å². The molecule has 0 aliphatic rings. The summed E-state index contributed by atoms with van der Waals surface area (Å²) in [7, 11) is 0. The molecule has 25 heavy (non-hydrogen) atoms. The van der Waals surface area contributed by atoms with Crippen molar-refractivity contribution < 1.29 is 4.79 Å². The number of hydrogen-bond acceptors (Lipinski definition) is 3. The number of amides is 1. The van der Waals surface area contributed by atoms with Gasteiger partial charge in [0, 0.05) is 13.1 Å². The van der Waals surface area contributed by atoms with E-state index in [0.29, 0.717) is 42.8 Å². The van der Waals surface area contributed by atoms with Gasteiger partial charge in [-0.2, -0.15) is 0 Å². The molecule has 1 unspecified atom stereocenters. The van der Waals surface area contributed by atoms with Crippen LogP contribution < -0.4 is 16.6 Å². The molecule has 2 rings (SSSR count). The third-order valence-corrected chi connectivity index (χ3v) is 4.21. The molecule has 1 aromatic heterocycles. The quantitative estimate of drug-likeness (QED) is 0.837. The zero-order valence-corrected chi connectivity index (χ0v) is 15.4. The number of benzene rings is 1. The summed E-state index contributed by atoms with van der Waals surface area (Å²) in [6.07, 6.45) is 1.14. The molecule has 0 aliphatic carbocycles. The van der Waals surface area contributed by atoms with E-state index < -0.39 is 11.7 Å². The van der Waals surface area contributed by atoms with E-state index in [0.717, 1.165) is 0 Å². The van der Waals surface area contributed by atoms with Gasteiger partial charge in [-0.15, -0.1) is 0 Å². The van der Waals surface area contributed by atoms with Gasteiger partial charge in [-0.25, -0.2) is 4.79 Å². The van der Waals surface area contributed by atoms with E-state index in [9.17, 15) is 14.4 Å². The summed E-state index contributed by atoms with van der Waals surface area (Å²) in [4.78, 5) is 38.3. The first-order chi connectivity index (χ1) is 11.9. The molecular formula is C19H27N3O3. The summed E-state index contributed by atoms with van der Waals surface area (Å²) in [6, 6.07) is 6.35. The first-order valence-corrected chi connectivity index (χ1v) is 8.94. The maximum Gasteiger partial charge on any atom is 0.332 e. The van der Waals surface area contributed by atoms with Crippen molar-refractivity contribution in [2.24, 2.45) is 5.92 Å². The molecule has 1 atom stereocenters. The number of nitrogens with one attached hydrogen (secondary N) is 1. The number of hydrogen-bond donors (Lipinski definition) is 1. The molecule has 0 bridgehead atoms. The Labute approximate surface area is 147 Å². The second-order valence-corrected chi connectivity index (χ2v) is 6.69. The van der Waals surface area contributed by atoms with Gasteiger partial charge in [0.1, 0.15) is 6.04 Å². The molecule has 6 heteroatoms. The van der Waals surface area contributed by atoms with Crippen molar-refractivity contribution in [3.8, 4) is 0 Å². The maximum absolute atomic E-state index is 13.0. The lowest BCUT2D eigenvalue weighted by molar-refractivity contribution is -0.124. The van der Waals surface area contributed by atoms with Crippen molar-refractivity contribution in [2.75, 3.05) is 6.54 Å². The van der Waals surface area contributed by atoms with Crippen LogP contribution in [-0.4, -0.2) is 21.6 Å². The molecule has 1 amide bonds. The second kappa shape index (κ2) is 8.14. The molecular weight excluding hydrogens is 318 g/mol. The molecule has 6 nitrogen and oxygen atoms in total. The molecule has 0 saturated carbocycles. The van der Waals surface area contributed by atoms with Crippen molar-refractivity contribution in [3.63, 3.8) is 0 Å². The predicted molar refractivity (Wildman–Crippen MR) is 99.9 cm³/mol. The van der Waals surface area contributed by atoms with Crippen molar-refractivity contribution in [1.29, 1.82) is 0 Å². The highest BCUT2D eigenvalue weighted by Crippen LogP contribution is 2.16.